The third-order valence-corrected chi connectivity index (χ3v) is 5.63. The molecule has 0 spiro atoms. The van der Waals surface area contributed by atoms with Crippen LogP contribution in [0.15, 0.2) is 24.3 Å². The molecule has 2 aromatic rings. The number of likely N-dealkylation sites (tertiary alicyclic amines) is 1. The minimum Gasteiger partial charge on any atom is -0.488 e. The molecule has 1 fully saturated rings. The van der Waals surface area contributed by atoms with Crippen molar-refractivity contribution in [2.75, 3.05) is 13.1 Å². The monoisotopic (exact) mass is 371 g/mol. The number of aliphatic hydroxyl groups is 1. The molecule has 0 bridgehead atoms. The molecule has 0 unspecified atom stereocenters. The lowest BCUT2D eigenvalue weighted by Gasteiger charge is -2.36. The van der Waals surface area contributed by atoms with Crippen molar-refractivity contribution in [1.82, 2.24) is 14.7 Å². The van der Waals surface area contributed by atoms with E-state index in [9.17, 15) is 5.11 Å². The summed E-state index contributed by atoms with van der Waals surface area (Å²) in [6.45, 7) is 13.9. The second kappa shape index (κ2) is 8.44. The molecule has 2 atom stereocenters. The number of nitrogens with zero attached hydrogens (tertiary/aromatic N) is 3. The molecule has 1 saturated heterocycles. The first kappa shape index (κ1) is 19.9. The van der Waals surface area contributed by atoms with Crippen LogP contribution in [0.3, 0.4) is 0 Å². The predicted octanol–water partition coefficient (Wildman–Crippen LogP) is 3.66. The summed E-state index contributed by atoms with van der Waals surface area (Å²) in [6, 6.07) is 8.23. The number of aliphatic hydroxyl groups excluding tert-OH is 1. The van der Waals surface area contributed by atoms with Gasteiger partial charge in [-0.15, -0.1) is 0 Å². The van der Waals surface area contributed by atoms with E-state index in [0.29, 0.717) is 12.5 Å². The van der Waals surface area contributed by atoms with Gasteiger partial charge in [0.1, 0.15) is 18.0 Å². The Morgan fingerprint density at radius 1 is 1.30 bits per heavy atom. The molecule has 0 radical (unpaired) electrons. The van der Waals surface area contributed by atoms with Crippen molar-refractivity contribution < 1.29 is 9.84 Å². The van der Waals surface area contributed by atoms with Crippen LogP contribution in [0.2, 0.25) is 0 Å². The fourth-order valence-corrected chi connectivity index (χ4v) is 3.87. The van der Waals surface area contributed by atoms with E-state index in [2.05, 4.69) is 61.4 Å². The Hall–Kier alpha value is -1.85. The van der Waals surface area contributed by atoms with Crippen LogP contribution in [-0.4, -0.2) is 45.1 Å². The minimum atomic E-state index is -0.483. The molecule has 1 aliphatic heterocycles. The largest absolute Gasteiger partial charge is 0.488 e. The summed E-state index contributed by atoms with van der Waals surface area (Å²) < 4.78 is 8.19. The second-order valence-electron chi connectivity index (χ2n) is 7.94. The number of aromatic nitrogens is 2. The maximum absolute atomic E-state index is 10.7. The van der Waals surface area contributed by atoms with Gasteiger partial charge in [-0.25, -0.2) is 0 Å². The van der Waals surface area contributed by atoms with Crippen molar-refractivity contribution in [1.29, 1.82) is 0 Å². The highest BCUT2D eigenvalue weighted by molar-refractivity contribution is 5.30. The van der Waals surface area contributed by atoms with E-state index in [1.165, 1.54) is 16.8 Å². The Morgan fingerprint density at radius 3 is 2.70 bits per heavy atom. The Labute approximate surface area is 163 Å². The van der Waals surface area contributed by atoms with E-state index in [1.54, 1.807) is 0 Å². The van der Waals surface area contributed by atoms with Crippen LogP contribution in [-0.2, 0) is 13.1 Å². The first-order chi connectivity index (χ1) is 12.9. The van der Waals surface area contributed by atoms with Crippen molar-refractivity contribution in [3.63, 3.8) is 0 Å². The highest BCUT2D eigenvalue weighted by atomic mass is 16.5. The first-order valence-corrected chi connectivity index (χ1v) is 10.1. The normalized spacial score (nSPS) is 21.0. The van der Waals surface area contributed by atoms with Gasteiger partial charge in [0, 0.05) is 37.4 Å². The van der Waals surface area contributed by atoms with Crippen LogP contribution in [0.25, 0.3) is 0 Å². The SMILES string of the molecule is CCn1nc(C)c(CN2CC[C@@H](Oc3cccc(C(C)C)c3)[C@H](O)C2)c1C. The molecular weight excluding hydrogens is 338 g/mol. The third-order valence-electron chi connectivity index (χ3n) is 5.63. The molecule has 0 amide bonds. The van der Waals surface area contributed by atoms with E-state index in [4.69, 9.17) is 4.74 Å². The lowest BCUT2D eigenvalue weighted by molar-refractivity contribution is -0.0276. The summed E-state index contributed by atoms with van der Waals surface area (Å²) >= 11 is 0. The number of rotatable bonds is 6. The number of hydrogen-bond donors (Lipinski definition) is 1. The molecule has 2 heterocycles. The van der Waals surface area contributed by atoms with E-state index in [0.717, 1.165) is 37.5 Å². The van der Waals surface area contributed by atoms with Crippen LogP contribution in [0.5, 0.6) is 5.75 Å². The smallest absolute Gasteiger partial charge is 0.127 e. The molecule has 0 aliphatic carbocycles. The molecule has 1 aliphatic rings. The maximum Gasteiger partial charge on any atom is 0.127 e. The Bertz CT molecular complexity index is 769. The van der Waals surface area contributed by atoms with Crippen LogP contribution >= 0.6 is 0 Å². The molecule has 1 aromatic heterocycles. The molecule has 1 N–H and O–H groups in total. The number of hydrogen-bond acceptors (Lipinski definition) is 4. The maximum atomic E-state index is 10.7. The first-order valence-electron chi connectivity index (χ1n) is 10.1. The highest BCUT2D eigenvalue weighted by Crippen LogP contribution is 2.25. The van der Waals surface area contributed by atoms with Gasteiger partial charge >= 0.3 is 0 Å². The summed E-state index contributed by atoms with van der Waals surface area (Å²) in [4.78, 5) is 2.31. The predicted molar refractivity (Wildman–Crippen MR) is 108 cm³/mol. The average Bonchev–Trinajstić information content (AvgIpc) is 2.91. The van der Waals surface area contributed by atoms with Crippen LogP contribution < -0.4 is 4.74 Å². The summed E-state index contributed by atoms with van der Waals surface area (Å²) in [5.41, 5.74) is 4.87. The molecular formula is C22H33N3O2. The van der Waals surface area contributed by atoms with Gasteiger partial charge in [-0.1, -0.05) is 26.0 Å². The van der Waals surface area contributed by atoms with Crippen molar-refractivity contribution in [3.05, 3.63) is 46.8 Å². The molecule has 5 heteroatoms. The number of β-amino-alcohol motifs (C(OH)–C–C–N with tert-alkyl or cyclic N) is 1. The molecule has 1 aromatic carbocycles. The quantitative estimate of drug-likeness (QED) is 0.842. The van der Waals surface area contributed by atoms with Crippen LogP contribution in [0, 0.1) is 13.8 Å². The zero-order chi connectivity index (χ0) is 19.6. The van der Waals surface area contributed by atoms with Gasteiger partial charge in [0.15, 0.2) is 0 Å². The summed E-state index contributed by atoms with van der Waals surface area (Å²) in [7, 11) is 0. The zero-order valence-corrected chi connectivity index (χ0v) is 17.3. The minimum absolute atomic E-state index is 0.149. The van der Waals surface area contributed by atoms with E-state index in [-0.39, 0.29) is 6.10 Å². The number of benzene rings is 1. The molecule has 148 valence electrons. The Kier molecular flexibility index (Phi) is 6.22. The van der Waals surface area contributed by atoms with Crippen LogP contribution in [0.4, 0.5) is 0 Å². The van der Waals surface area contributed by atoms with E-state index >= 15 is 0 Å². The zero-order valence-electron chi connectivity index (χ0n) is 17.3. The lowest BCUT2D eigenvalue weighted by Crippen LogP contribution is -2.48. The standard InChI is InChI=1S/C22H33N3O2/c1-6-25-17(5)20(16(4)23-25)13-24-11-10-22(21(26)14-24)27-19-9-7-8-18(12-19)15(2)3/h7-9,12,15,21-22,26H,6,10-11,13-14H2,1-5H3/t21-,22-/m1/s1. The number of aryl methyl sites for hydroxylation is 2. The number of piperidine rings is 1. The highest BCUT2D eigenvalue weighted by Gasteiger charge is 2.30. The Morgan fingerprint density at radius 2 is 2.07 bits per heavy atom. The fourth-order valence-electron chi connectivity index (χ4n) is 3.87. The van der Waals surface area contributed by atoms with Gasteiger partial charge in [-0.3, -0.25) is 9.58 Å². The number of ether oxygens (including phenoxy) is 1. The average molecular weight is 372 g/mol. The third kappa shape index (κ3) is 4.53. The van der Waals surface area contributed by atoms with Crippen molar-refractivity contribution in [3.8, 4) is 5.75 Å². The molecule has 27 heavy (non-hydrogen) atoms. The van der Waals surface area contributed by atoms with Crippen LogP contribution in [0.1, 0.15) is 55.6 Å². The Balaban J connectivity index is 1.61. The van der Waals surface area contributed by atoms with Gasteiger partial charge in [0.05, 0.1) is 5.69 Å². The summed E-state index contributed by atoms with van der Waals surface area (Å²) in [5, 5.41) is 15.3. The summed E-state index contributed by atoms with van der Waals surface area (Å²) in [6.07, 6.45) is 0.195. The van der Waals surface area contributed by atoms with Gasteiger partial charge < -0.3 is 9.84 Å². The summed E-state index contributed by atoms with van der Waals surface area (Å²) in [5.74, 6) is 1.32. The molecule has 3 rings (SSSR count). The lowest BCUT2D eigenvalue weighted by atomic mass is 10.0. The van der Waals surface area contributed by atoms with Gasteiger partial charge in [0.25, 0.3) is 0 Å². The molecule has 5 nitrogen and oxygen atoms in total. The van der Waals surface area contributed by atoms with E-state index in [1.807, 2.05) is 12.1 Å². The van der Waals surface area contributed by atoms with Gasteiger partial charge in [-0.2, -0.15) is 5.10 Å². The van der Waals surface area contributed by atoms with Gasteiger partial charge in [-0.05, 0) is 50.8 Å². The second-order valence-corrected chi connectivity index (χ2v) is 7.94. The topological polar surface area (TPSA) is 50.5 Å². The van der Waals surface area contributed by atoms with Crippen molar-refractivity contribution in [2.45, 2.75) is 72.3 Å². The molecule has 0 saturated carbocycles. The van der Waals surface area contributed by atoms with Crippen molar-refractivity contribution in [2.24, 2.45) is 0 Å². The van der Waals surface area contributed by atoms with E-state index < -0.39 is 6.10 Å². The fraction of sp³-hybridized carbons (Fsp3) is 0.591. The van der Waals surface area contributed by atoms with Gasteiger partial charge in [0.2, 0.25) is 0 Å². The van der Waals surface area contributed by atoms with Crippen molar-refractivity contribution >= 4 is 0 Å².